The van der Waals surface area contributed by atoms with Crippen molar-refractivity contribution in [3.8, 4) is 0 Å². The van der Waals surface area contributed by atoms with Crippen LogP contribution >= 0.6 is 11.3 Å². The van der Waals surface area contributed by atoms with Crippen molar-refractivity contribution >= 4 is 23.3 Å². The molecule has 7 heteroatoms. The summed E-state index contributed by atoms with van der Waals surface area (Å²) in [6.07, 6.45) is 3.32. The van der Waals surface area contributed by atoms with Gasteiger partial charge in [0.2, 0.25) is 0 Å². The first-order valence-corrected chi connectivity index (χ1v) is 8.01. The van der Waals surface area contributed by atoms with E-state index >= 15 is 0 Å². The highest BCUT2D eigenvalue weighted by atomic mass is 32.1. The Kier molecular flexibility index (Phi) is 4.82. The molecule has 2 rings (SSSR count). The number of aliphatic carboxylic acids is 1. The van der Waals surface area contributed by atoms with E-state index in [-0.39, 0.29) is 18.5 Å². The van der Waals surface area contributed by atoms with Crippen LogP contribution in [0.5, 0.6) is 0 Å². The van der Waals surface area contributed by atoms with Gasteiger partial charge in [-0.15, -0.1) is 11.3 Å². The molecule has 1 aliphatic rings. The number of carboxylic acid groups (broad SMARTS) is 1. The van der Waals surface area contributed by atoms with Gasteiger partial charge in [-0.3, -0.25) is 4.79 Å². The van der Waals surface area contributed by atoms with E-state index in [2.05, 4.69) is 15.6 Å². The molecule has 0 bridgehead atoms. The van der Waals surface area contributed by atoms with Crippen LogP contribution in [0.2, 0.25) is 0 Å². The molecule has 0 spiro atoms. The number of thiazole rings is 1. The molecule has 21 heavy (non-hydrogen) atoms. The first-order chi connectivity index (χ1) is 9.90. The summed E-state index contributed by atoms with van der Waals surface area (Å²) in [6, 6.07) is -0.509. The van der Waals surface area contributed by atoms with Gasteiger partial charge in [0.1, 0.15) is 5.01 Å². The Morgan fingerprint density at radius 1 is 1.48 bits per heavy atom. The first kappa shape index (κ1) is 15.8. The summed E-state index contributed by atoms with van der Waals surface area (Å²) < 4.78 is 0. The fraction of sp³-hybridized carbons (Fsp3) is 0.643. The van der Waals surface area contributed by atoms with Crippen molar-refractivity contribution in [2.75, 3.05) is 0 Å². The SMILES string of the molecule is Cc1csc(C(C)NC(=O)NC2(CC(=O)O)CCCC2)n1. The Hall–Kier alpha value is -1.63. The van der Waals surface area contributed by atoms with Crippen molar-refractivity contribution in [2.24, 2.45) is 0 Å². The minimum Gasteiger partial charge on any atom is -0.481 e. The largest absolute Gasteiger partial charge is 0.481 e. The zero-order valence-electron chi connectivity index (χ0n) is 12.3. The number of aryl methyl sites for hydroxylation is 1. The molecule has 0 aliphatic heterocycles. The number of carbonyl (C=O) groups excluding carboxylic acids is 1. The molecular formula is C14H21N3O3S. The molecule has 6 nitrogen and oxygen atoms in total. The topological polar surface area (TPSA) is 91.3 Å². The maximum absolute atomic E-state index is 12.1. The van der Waals surface area contributed by atoms with Gasteiger partial charge in [-0.25, -0.2) is 9.78 Å². The van der Waals surface area contributed by atoms with Gasteiger partial charge in [0, 0.05) is 11.1 Å². The number of carboxylic acids is 1. The van der Waals surface area contributed by atoms with E-state index < -0.39 is 11.5 Å². The van der Waals surface area contributed by atoms with Crippen LogP contribution in [0.1, 0.15) is 55.8 Å². The van der Waals surface area contributed by atoms with E-state index in [0.29, 0.717) is 0 Å². The van der Waals surface area contributed by atoms with Crippen molar-refractivity contribution < 1.29 is 14.7 Å². The normalized spacial score (nSPS) is 18.2. The van der Waals surface area contributed by atoms with E-state index in [9.17, 15) is 9.59 Å². The molecule has 0 aromatic carbocycles. The zero-order valence-corrected chi connectivity index (χ0v) is 13.1. The molecule has 0 saturated heterocycles. The monoisotopic (exact) mass is 311 g/mol. The molecule has 1 heterocycles. The van der Waals surface area contributed by atoms with Gasteiger partial charge >= 0.3 is 12.0 Å². The minimum absolute atomic E-state index is 0.0227. The molecule has 3 N–H and O–H groups in total. The van der Waals surface area contributed by atoms with Crippen molar-refractivity contribution in [3.05, 3.63) is 16.1 Å². The van der Waals surface area contributed by atoms with E-state index in [1.807, 2.05) is 19.2 Å². The predicted molar refractivity (Wildman–Crippen MR) is 80.4 cm³/mol. The summed E-state index contributed by atoms with van der Waals surface area (Å²) in [4.78, 5) is 27.5. The van der Waals surface area contributed by atoms with Crippen LogP contribution in [0.15, 0.2) is 5.38 Å². The van der Waals surface area contributed by atoms with E-state index in [4.69, 9.17) is 5.11 Å². The second-order valence-electron chi connectivity index (χ2n) is 5.71. The van der Waals surface area contributed by atoms with Gasteiger partial charge in [0.05, 0.1) is 18.0 Å². The maximum atomic E-state index is 12.1. The van der Waals surface area contributed by atoms with Gasteiger partial charge in [-0.2, -0.15) is 0 Å². The van der Waals surface area contributed by atoms with Crippen molar-refractivity contribution in [2.45, 2.75) is 57.5 Å². The molecule has 1 unspecified atom stereocenters. The fourth-order valence-corrected chi connectivity index (χ4v) is 3.60. The summed E-state index contributed by atoms with van der Waals surface area (Å²) in [7, 11) is 0. The average Bonchev–Trinajstić information content (AvgIpc) is 2.97. The van der Waals surface area contributed by atoms with Gasteiger partial charge in [0.15, 0.2) is 0 Å². The van der Waals surface area contributed by atoms with Crippen LogP contribution in [0, 0.1) is 6.92 Å². The van der Waals surface area contributed by atoms with Crippen molar-refractivity contribution in [3.63, 3.8) is 0 Å². The van der Waals surface area contributed by atoms with Crippen LogP contribution in [0.4, 0.5) is 4.79 Å². The predicted octanol–water partition coefficient (Wildman–Crippen LogP) is 2.60. The minimum atomic E-state index is -0.874. The van der Waals surface area contributed by atoms with Crippen molar-refractivity contribution in [1.29, 1.82) is 0 Å². The second kappa shape index (κ2) is 6.43. The third-order valence-corrected chi connectivity index (χ3v) is 4.93. The lowest BCUT2D eigenvalue weighted by Crippen LogP contribution is -2.52. The van der Waals surface area contributed by atoms with Crippen LogP contribution in [-0.4, -0.2) is 27.6 Å². The number of rotatable bonds is 5. The van der Waals surface area contributed by atoms with Gasteiger partial charge in [-0.05, 0) is 26.7 Å². The number of nitrogens with zero attached hydrogens (tertiary/aromatic N) is 1. The Morgan fingerprint density at radius 2 is 2.14 bits per heavy atom. The molecule has 2 amide bonds. The Balaban J connectivity index is 1.95. The number of carbonyl (C=O) groups is 2. The number of amides is 2. The summed E-state index contributed by atoms with van der Waals surface area (Å²) in [5.74, 6) is -0.874. The Labute approximate surface area is 128 Å². The Morgan fingerprint density at radius 3 is 2.67 bits per heavy atom. The molecule has 1 aromatic rings. The fourth-order valence-electron chi connectivity index (χ4n) is 2.79. The summed E-state index contributed by atoms with van der Waals surface area (Å²) in [5.41, 5.74) is 0.330. The summed E-state index contributed by atoms with van der Waals surface area (Å²) >= 11 is 1.50. The summed E-state index contributed by atoms with van der Waals surface area (Å²) in [5, 5.41) is 17.5. The third kappa shape index (κ3) is 4.17. The highest BCUT2D eigenvalue weighted by Crippen LogP contribution is 2.32. The second-order valence-corrected chi connectivity index (χ2v) is 6.59. The number of hydrogen-bond donors (Lipinski definition) is 3. The van der Waals surface area contributed by atoms with Gasteiger partial charge < -0.3 is 15.7 Å². The molecule has 1 aliphatic carbocycles. The third-order valence-electron chi connectivity index (χ3n) is 3.78. The zero-order chi connectivity index (χ0) is 15.5. The van der Waals surface area contributed by atoms with E-state index in [0.717, 1.165) is 36.4 Å². The highest BCUT2D eigenvalue weighted by molar-refractivity contribution is 7.09. The van der Waals surface area contributed by atoms with Gasteiger partial charge in [0.25, 0.3) is 0 Å². The van der Waals surface area contributed by atoms with Crippen LogP contribution in [0.3, 0.4) is 0 Å². The number of aromatic nitrogens is 1. The van der Waals surface area contributed by atoms with E-state index in [1.54, 1.807) is 0 Å². The molecule has 1 fully saturated rings. The molecule has 1 aromatic heterocycles. The lowest BCUT2D eigenvalue weighted by atomic mass is 9.93. The maximum Gasteiger partial charge on any atom is 0.315 e. The highest BCUT2D eigenvalue weighted by Gasteiger charge is 2.37. The summed E-state index contributed by atoms with van der Waals surface area (Å²) in [6.45, 7) is 3.78. The average molecular weight is 311 g/mol. The molecule has 1 atom stereocenters. The van der Waals surface area contributed by atoms with Crippen LogP contribution < -0.4 is 10.6 Å². The van der Waals surface area contributed by atoms with Gasteiger partial charge in [-0.1, -0.05) is 12.8 Å². The number of urea groups is 1. The van der Waals surface area contributed by atoms with Crippen LogP contribution in [-0.2, 0) is 4.79 Å². The standard InChI is InChI=1S/C14H21N3O3S/c1-9-8-21-12(15-9)10(2)16-13(20)17-14(7-11(18)19)5-3-4-6-14/h8,10H,3-7H2,1-2H3,(H,18,19)(H2,16,17,20). The molecule has 1 saturated carbocycles. The Bertz CT molecular complexity index is 523. The smallest absolute Gasteiger partial charge is 0.315 e. The van der Waals surface area contributed by atoms with Crippen molar-refractivity contribution in [1.82, 2.24) is 15.6 Å². The lowest BCUT2D eigenvalue weighted by molar-refractivity contribution is -0.138. The van der Waals surface area contributed by atoms with Crippen LogP contribution in [0.25, 0.3) is 0 Å². The quantitative estimate of drug-likeness (QED) is 0.779. The number of hydrogen-bond acceptors (Lipinski definition) is 4. The lowest BCUT2D eigenvalue weighted by Gasteiger charge is -2.29. The molecular weight excluding hydrogens is 290 g/mol. The van der Waals surface area contributed by atoms with E-state index in [1.165, 1.54) is 11.3 Å². The first-order valence-electron chi connectivity index (χ1n) is 7.13. The molecule has 0 radical (unpaired) electrons. The number of nitrogens with one attached hydrogen (secondary N) is 2. The molecule has 116 valence electrons.